The summed E-state index contributed by atoms with van der Waals surface area (Å²) in [6.45, 7) is 4.56. The highest BCUT2D eigenvalue weighted by Gasteiger charge is 2.12. The van der Waals surface area contributed by atoms with Crippen LogP contribution in [0.25, 0.3) is 0 Å². The number of carbonyl (C=O) groups is 1. The van der Waals surface area contributed by atoms with Crippen molar-refractivity contribution in [2.45, 2.75) is 25.7 Å². The molecule has 1 amide bonds. The molecule has 0 radical (unpaired) electrons. The van der Waals surface area contributed by atoms with Crippen LogP contribution in [0.1, 0.15) is 36.0 Å². The third-order valence-corrected chi connectivity index (χ3v) is 3.78. The molecule has 1 saturated heterocycles. The van der Waals surface area contributed by atoms with E-state index in [-0.39, 0.29) is 5.91 Å². The van der Waals surface area contributed by atoms with Gasteiger partial charge < -0.3 is 9.80 Å². The van der Waals surface area contributed by atoms with Gasteiger partial charge in [0.2, 0.25) is 0 Å². The van der Waals surface area contributed by atoms with Crippen LogP contribution in [-0.4, -0.2) is 48.9 Å². The lowest BCUT2D eigenvalue weighted by atomic mass is 10.2. The summed E-state index contributed by atoms with van der Waals surface area (Å²) in [6.07, 6.45) is 4.98. The van der Waals surface area contributed by atoms with Crippen molar-refractivity contribution in [2.75, 3.05) is 33.2 Å². The minimum absolute atomic E-state index is 0.127. The van der Waals surface area contributed by atoms with Gasteiger partial charge in [0.15, 0.2) is 0 Å². The molecule has 0 atom stereocenters. The van der Waals surface area contributed by atoms with Crippen LogP contribution in [0.4, 0.5) is 0 Å². The van der Waals surface area contributed by atoms with Crippen molar-refractivity contribution >= 4 is 5.91 Å². The molecule has 0 saturated carbocycles. The highest BCUT2D eigenvalue weighted by atomic mass is 16.2. The van der Waals surface area contributed by atoms with Crippen molar-refractivity contribution in [2.24, 2.45) is 0 Å². The van der Waals surface area contributed by atoms with E-state index in [1.54, 1.807) is 0 Å². The van der Waals surface area contributed by atoms with Crippen LogP contribution in [0.3, 0.4) is 0 Å². The molecule has 19 heavy (non-hydrogen) atoms. The lowest BCUT2D eigenvalue weighted by Gasteiger charge is -2.18. The first kappa shape index (κ1) is 14.1. The molecule has 0 aromatic heterocycles. The standard InChI is InChI=1S/C16H24N2O/c1-17(16(19)15-9-3-2-4-10-15)11-5-6-12-18-13-7-8-14-18/h2-4,9-10H,5-8,11-14H2,1H3. The Morgan fingerprint density at radius 2 is 1.84 bits per heavy atom. The van der Waals surface area contributed by atoms with E-state index in [0.29, 0.717) is 0 Å². The van der Waals surface area contributed by atoms with Crippen molar-refractivity contribution in [3.05, 3.63) is 35.9 Å². The lowest BCUT2D eigenvalue weighted by Crippen LogP contribution is -2.28. The second kappa shape index (κ2) is 7.29. The predicted octanol–water partition coefficient (Wildman–Crippen LogP) is 2.63. The average molecular weight is 260 g/mol. The minimum atomic E-state index is 0.127. The first-order valence-electron chi connectivity index (χ1n) is 7.30. The Balaban J connectivity index is 1.66. The zero-order chi connectivity index (χ0) is 13.5. The molecule has 1 aromatic carbocycles. The summed E-state index contributed by atoms with van der Waals surface area (Å²) < 4.78 is 0. The molecule has 0 bridgehead atoms. The average Bonchev–Trinajstić information content (AvgIpc) is 2.96. The van der Waals surface area contributed by atoms with E-state index < -0.39 is 0 Å². The van der Waals surface area contributed by atoms with Crippen molar-refractivity contribution in [1.82, 2.24) is 9.80 Å². The van der Waals surface area contributed by atoms with Gasteiger partial charge >= 0.3 is 0 Å². The summed E-state index contributed by atoms with van der Waals surface area (Å²) >= 11 is 0. The van der Waals surface area contributed by atoms with Crippen molar-refractivity contribution < 1.29 is 4.79 Å². The van der Waals surface area contributed by atoms with E-state index >= 15 is 0 Å². The number of likely N-dealkylation sites (tertiary alicyclic amines) is 1. The topological polar surface area (TPSA) is 23.6 Å². The van der Waals surface area contributed by atoms with Crippen molar-refractivity contribution in [3.8, 4) is 0 Å². The largest absolute Gasteiger partial charge is 0.342 e. The van der Waals surface area contributed by atoms with Crippen molar-refractivity contribution in [3.63, 3.8) is 0 Å². The first-order chi connectivity index (χ1) is 9.27. The molecule has 1 fully saturated rings. The summed E-state index contributed by atoms with van der Waals surface area (Å²) in [7, 11) is 1.89. The molecule has 3 nitrogen and oxygen atoms in total. The molecule has 104 valence electrons. The van der Waals surface area contributed by atoms with Gasteiger partial charge in [-0.1, -0.05) is 18.2 Å². The third-order valence-electron chi connectivity index (χ3n) is 3.78. The number of rotatable bonds is 6. The first-order valence-corrected chi connectivity index (χ1v) is 7.30. The van der Waals surface area contributed by atoms with Gasteiger partial charge in [-0.2, -0.15) is 0 Å². The van der Waals surface area contributed by atoms with Crippen molar-refractivity contribution in [1.29, 1.82) is 0 Å². The maximum absolute atomic E-state index is 12.1. The molecule has 1 aliphatic heterocycles. The van der Waals surface area contributed by atoms with Gasteiger partial charge in [0, 0.05) is 19.2 Å². The van der Waals surface area contributed by atoms with Crippen LogP contribution in [-0.2, 0) is 0 Å². The fourth-order valence-electron chi connectivity index (χ4n) is 2.59. The second-order valence-corrected chi connectivity index (χ2v) is 5.35. The van der Waals surface area contributed by atoms with Crippen LogP contribution in [0.15, 0.2) is 30.3 Å². The summed E-state index contributed by atoms with van der Waals surface area (Å²) in [6, 6.07) is 9.52. The molecular weight excluding hydrogens is 236 g/mol. The quantitative estimate of drug-likeness (QED) is 0.734. The SMILES string of the molecule is CN(CCCCN1CCCC1)C(=O)c1ccccc1. The molecule has 1 heterocycles. The number of nitrogens with zero attached hydrogens (tertiary/aromatic N) is 2. The number of benzene rings is 1. The Hall–Kier alpha value is -1.35. The highest BCUT2D eigenvalue weighted by Crippen LogP contribution is 2.09. The number of unbranched alkanes of at least 4 members (excludes halogenated alkanes) is 1. The summed E-state index contributed by atoms with van der Waals surface area (Å²) in [4.78, 5) is 16.5. The predicted molar refractivity (Wildman–Crippen MR) is 78.3 cm³/mol. The molecule has 2 rings (SSSR count). The second-order valence-electron chi connectivity index (χ2n) is 5.35. The third kappa shape index (κ3) is 4.35. The smallest absolute Gasteiger partial charge is 0.253 e. The number of hydrogen-bond acceptors (Lipinski definition) is 2. The van der Waals surface area contributed by atoms with Gasteiger partial charge in [0.1, 0.15) is 0 Å². The van der Waals surface area contributed by atoms with E-state index in [0.717, 1.165) is 18.5 Å². The van der Waals surface area contributed by atoms with Crippen LogP contribution in [0.5, 0.6) is 0 Å². The molecule has 1 aromatic rings. The van der Waals surface area contributed by atoms with Gasteiger partial charge in [-0.3, -0.25) is 4.79 Å². The normalized spacial score (nSPS) is 15.6. The van der Waals surface area contributed by atoms with E-state index in [1.807, 2.05) is 42.3 Å². The fourth-order valence-corrected chi connectivity index (χ4v) is 2.59. The number of carbonyl (C=O) groups excluding carboxylic acids is 1. The Labute approximate surface area is 116 Å². The van der Waals surface area contributed by atoms with E-state index in [1.165, 1.54) is 38.9 Å². The van der Waals surface area contributed by atoms with Gasteiger partial charge in [0.25, 0.3) is 5.91 Å². The van der Waals surface area contributed by atoms with Crippen LogP contribution < -0.4 is 0 Å². The molecule has 0 spiro atoms. The van der Waals surface area contributed by atoms with E-state index in [2.05, 4.69) is 4.90 Å². The van der Waals surface area contributed by atoms with Crippen LogP contribution in [0, 0.1) is 0 Å². The summed E-state index contributed by atoms with van der Waals surface area (Å²) in [5.41, 5.74) is 0.782. The molecule has 0 N–H and O–H groups in total. The van der Waals surface area contributed by atoms with Gasteiger partial charge in [-0.05, 0) is 57.5 Å². The minimum Gasteiger partial charge on any atom is -0.342 e. The Morgan fingerprint density at radius 3 is 2.53 bits per heavy atom. The van der Waals surface area contributed by atoms with Crippen LogP contribution >= 0.6 is 0 Å². The zero-order valence-electron chi connectivity index (χ0n) is 11.8. The van der Waals surface area contributed by atoms with Gasteiger partial charge in [0.05, 0.1) is 0 Å². The Bertz CT molecular complexity index is 385. The van der Waals surface area contributed by atoms with Crippen LogP contribution in [0.2, 0.25) is 0 Å². The molecule has 0 unspecified atom stereocenters. The zero-order valence-corrected chi connectivity index (χ0v) is 11.8. The summed E-state index contributed by atoms with van der Waals surface area (Å²) in [5.74, 6) is 0.127. The molecular formula is C16H24N2O. The highest BCUT2D eigenvalue weighted by molar-refractivity contribution is 5.93. The Morgan fingerprint density at radius 1 is 1.16 bits per heavy atom. The number of amides is 1. The molecule has 0 aliphatic carbocycles. The maximum atomic E-state index is 12.1. The van der Waals surface area contributed by atoms with E-state index in [4.69, 9.17) is 0 Å². The number of hydrogen-bond donors (Lipinski definition) is 0. The lowest BCUT2D eigenvalue weighted by molar-refractivity contribution is 0.0791. The van der Waals surface area contributed by atoms with Gasteiger partial charge in [-0.25, -0.2) is 0 Å². The fraction of sp³-hybridized carbons (Fsp3) is 0.562. The monoisotopic (exact) mass is 260 g/mol. The molecule has 3 heteroatoms. The van der Waals surface area contributed by atoms with E-state index in [9.17, 15) is 4.79 Å². The molecule has 1 aliphatic rings. The maximum Gasteiger partial charge on any atom is 0.253 e. The Kier molecular flexibility index (Phi) is 5.40. The summed E-state index contributed by atoms with van der Waals surface area (Å²) in [5, 5.41) is 0. The van der Waals surface area contributed by atoms with Gasteiger partial charge in [-0.15, -0.1) is 0 Å².